The number of hydrogen-bond donors (Lipinski definition) is 3. The molecule has 2 atom stereocenters. The maximum Gasteiger partial charge on any atom is 0.491 e. The number of alkyl halides is 3. The van der Waals surface area contributed by atoms with Crippen molar-refractivity contribution in [3.63, 3.8) is 0 Å². The normalized spacial score (nSPS) is 14.8. The highest BCUT2D eigenvalue weighted by atomic mass is 32.1. The smallest absolute Gasteiger partial charge is 0.435 e. The fourth-order valence-electron chi connectivity index (χ4n) is 4.32. The second kappa shape index (κ2) is 11.3. The summed E-state index contributed by atoms with van der Waals surface area (Å²) in [7, 11) is 0. The summed E-state index contributed by atoms with van der Waals surface area (Å²) < 4.78 is 45.1. The van der Waals surface area contributed by atoms with Crippen molar-refractivity contribution in [2.45, 2.75) is 50.7 Å². The van der Waals surface area contributed by atoms with Crippen molar-refractivity contribution in [2.24, 2.45) is 5.73 Å². The number of allylic oxidation sites excluding steroid dienone is 2. The Morgan fingerprint density at radius 1 is 1.00 bits per heavy atom. The zero-order valence-electron chi connectivity index (χ0n) is 21.8. The second-order valence-electron chi connectivity index (χ2n) is 10.1. The molecule has 210 valence electrons. The van der Waals surface area contributed by atoms with Crippen molar-refractivity contribution in [1.29, 1.82) is 0 Å². The number of amides is 2. The van der Waals surface area contributed by atoms with E-state index in [0.29, 0.717) is 16.7 Å². The summed E-state index contributed by atoms with van der Waals surface area (Å²) >= 11 is 1.45. The molecule has 4 rings (SSSR count). The van der Waals surface area contributed by atoms with Crippen molar-refractivity contribution in [3.05, 3.63) is 83.3 Å². The molecule has 0 saturated heterocycles. The van der Waals surface area contributed by atoms with E-state index in [1.807, 2.05) is 35.7 Å². The maximum atomic E-state index is 13.5. The van der Waals surface area contributed by atoms with Gasteiger partial charge in [-0.1, -0.05) is 55.1 Å². The number of carbonyl (C=O) groups is 3. The van der Waals surface area contributed by atoms with Gasteiger partial charge in [-0.15, -0.1) is 11.3 Å². The quantitative estimate of drug-likeness (QED) is 0.255. The van der Waals surface area contributed by atoms with E-state index in [2.05, 4.69) is 17.2 Å². The SMILES string of the molecule is C=C1C=C(C[C@H](NC(=O)[C@@H](Cc2csc3ccccc23)NC(=O)C(C)(C)N)OC(=O)C(F)(F)F)c2ccccc21. The maximum absolute atomic E-state index is 13.5. The Hall–Kier alpha value is -3.96. The molecule has 0 bridgehead atoms. The average Bonchev–Trinajstić information content (AvgIpc) is 3.43. The van der Waals surface area contributed by atoms with Gasteiger partial charge in [0.15, 0.2) is 6.23 Å². The van der Waals surface area contributed by atoms with E-state index in [0.717, 1.165) is 21.2 Å². The van der Waals surface area contributed by atoms with Gasteiger partial charge in [0.1, 0.15) is 6.04 Å². The summed E-state index contributed by atoms with van der Waals surface area (Å²) in [4.78, 5) is 38.1. The Morgan fingerprint density at radius 2 is 1.65 bits per heavy atom. The highest BCUT2D eigenvalue weighted by molar-refractivity contribution is 7.17. The lowest BCUT2D eigenvalue weighted by Crippen LogP contribution is -2.57. The predicted molar refractivity (Wildman–Crippen MR) is 148 cm³/mol. The topological polar surface area (TPSA) is 111 Å². The molecule has 2 aromatic carbocycles. The van der Waals surface area contributed by atoms with Crippen LogP contribution in [0.15, 0.2) is 66.6 Å². The molecule has 2 amide bonds. The van der Waals surface area contributed by atoms with Gasteiger partial charge in [0.25, 0.3) is 0 Å². The second-order valence-corrected chi connectivity index (χ2v) is 11.0. The molecule has 0 fully saturated rings. The summed E-state index contributed by atoms with van der Waals surface area (Å²) in [5.41, 5.74) is 7.99. The number of halogens is 3. The molecule has 1 heterocycles. The van der Waals surface area contributed by atoms with E-state index in [9.17, 15) is 27.6 Å². The molecule has 4 N–H and O–H groups in total. The summed E-state index contributed by atoms with van der Waals surface area (Å²) in [5, 5.41) is 7.73. The Morgan fingerprint density at radius 3 is 2.33 bits per heavy atom. The summed E-state index contributed by atoms with van der Waals surface area (Å²) in [5.74, 6) is -3.92. The van der Waals surface area contributed by atoms with Crippen LogP contribution in [-0.2, 0) is 25.5 Å². The number of fused-ring (bicyclic) bond motifs is 2. The Kier molecular flexibility index (Phi) is 8.18. The van der Waals surface area contributed by atoms with Crippen LogP contribution >= 0.6 is 11.3 Å². The predicted octanol–water partition coefficient (Wildman–Crippen LogP) is 4.71. The first kappa shape index (κ1) is 29.0. The molecule has 1 aliphatic carbocycles. The molecule has 1 aromatic heterocycles. The molecule has 0 unspecified atom stereocenters. The van der Waals surface area contributed by atoms with Crippen molar-refractivity contribution in [2.75, 3.05) is 0 Å². The number of thiophene rings is 1. The molecular formula is C29H28F3N3O4S. The van der Waals surface area contributed by atoms with Crippen molar-refractivity contribution in [1.82, 2.24) is 10.6 Å². The number of ether oxygens (including phenoxy) is 1. The fraction of sp³-hybridized carbons (Fsp3) is 0.276. The molecule has 0 spiro atoms. The first-order valence-electron chi connectivity index (χ1n) is 12.4. The highest BCUT2D eigenvalue weighted by Crippen LogP contribution is 2.37. The summed E-state index contributed by atoms with van der Waals surface area (Å²) in [6, 6.07) is 13.4. The summed E-state index contributed by atoms with van der Waals surface area (Å²) in [6.07, 6.45) is -5.52. The van der Waals surface area contributed by atoms with Gasteiger partial charge in [0, 0.05) is 17.5 Å². The van der Waals surface area contributed by atoms with Crippen LogP contribution in [0.25, 0.3) is 21.2 Å². The van der Waals surface area contributed by atoms with Crippen molar-refractivity contribution in [3.8, 4) is 0 Å². The summed E-state index contributed by atoms with van der Waals surface area (Å²) in [6.45, 7) is 6.88. The van der Waals surface area contributed by atoms with Gasteiger partial charge in [0.2, 0.25) is 11.8 Å². The van der Waals surface area contributed by atoms with Crippen LogP contribution in [0.3, 0.4) is 0 Å². The lowest BCUT2D eigenvalue weighted by atomic mass is 10.0. The first-order chi connectivity index (χ1) is 18.7. The van der Waals surface area contributed by atoms with Gasteiger partial charge < -0.3 is 21.1 Å². The monoisotopic (exact) mass is 571 g/mol. The van der Waals surface area contributed by atoms with Crippen LogP contribution in [-0.4, -0.2) is 41.8 Å². The van der Waals surface area contributed by atoms with Crippen LogP contribution in [0.2, 0.25) is 0 Å². The molecule has 1 aliphatic rings. The third-order valence-corrected chi connectivity index (χ3v) is 7.36. The largest absolute Gasteiger partial charge is 0.491 e. The Balaban J connectivity index is 1.62. The first-order valence-corrected chi connectivity index (χ1v) is 13.2. The standard InChI is InChI=1S/C29H28F3N3O4S/c1-16-12-17(20-9-5-4-8-19(16)20)14-24(39-27(38)29(30,31)32)35-25(36)22(34-26(37)28(2,3)33)13-18-15-40-23-11-7-6-10-21(18)23/h4-12,15,22,24H,1,13-14,33H2,2-3H3,(H,34,37)(H,35,36)/t22-,24-/m1/s1. The van der Waals surface area contributed by atoms with E-state index >= 15 is 0 Å². The number of nitrogens with one attached hydrogen (secondary N) is 2. The fourth-order valence-corrected chi connectivity index (χ4v) is 5.29. The minimum atomic E-state index is -5.28. The number of benzene rings is 2. The van der Waals surface area contributed by atoms with E-state index in [-0.39, 0.29) is 12.8 Å². The van der Waals surface area contributed by atoms with Gasteiger partial charge in [-0.2, -0.15) is 13.2 Å². The van der Waals surface area contributed by atoms with Crippen molar-refractivity contribution >= 4 is 50.4 Å². The lowest BCUT2D eigenvalue weighted by Gasteiger charge is -2.26. The molecule has 40 heavy (non-hydrogen) atoms. The zero-order chi connectivity index (χ0) is 29.2. The molecule has 0 radical (unpaired) electrons. The number of nitrogens with two attached hydrogens (primary N) is 1. The molecule has 11 heteroatoms. The van der Waals surface area contributed by atoms with Gasteiger partial charge in [-0.3, -0.25) is 9.59 Å². The number of hydrogen-bond acceptors (Lipinski definition) is 6. The van der Waals surface area contributed by atoms with Gasteiger partial charge in [0.05, 0.1) is 5.54 Å². The van der Waals surface area contributed by atoms with Gasteiger partial charge in [-0.05, 0) is 58.5 Å². The van der Waals surface area contributed by atoms with Crippen LogP contribution in [0.4, 0.5) is 13.2 Å². The molecule has 0 aliphatic heterocycles. The average molecular weight is 572 g/mol. The van der Waals surface area contributed by atoms with Gasteiger partial charge in [-0.25, -0.2) is 4.79 Å². The molecule has 7 nitrogen and oxygen atoms in total. The Labute approximate surface area is 232 Å². The number of rotatable bonds is 9. The van der Waals surface area contributed by atoms with Crippen molar-refractivity contribution < 1.29 is 32.3 Å². The Bertz CT molecular complexity index is 1500. The highest BCUT2D eigenvalue weighted by Gasteiger charge is 2.43. The third kappa shape index (κ3) is 6.60. The molecule has 3 aromatic rings. The number of carbonyl (C=O) groups excluding carboxylic acids is 3. The van der Waals surface area contributed by atoms with E-state index in [4.69, 9.17) is 10.5 Å². The zero-order valence-corrected chi connectivity index (χ0v) is 22.6. The minimum absolute atomic E-state index is 0.0277. The van der Waals surface area contributed by atoms with Crippen LogP contribution < -0.4 is 16.4 Å². The third-order valence-electron chi connectivity index (χ3n) is 6.35. The van der Waals surface area contributed by atoms with Crippen LogP contribution in [0.5, 0.6) is 0 Å². The number of esters is 1. The van der Waals surface area contributed by atoms with E-state index < -0.39 is 41.8 Å². The minimum Gasteiger partial charge on any atom is -0.435 e. The molecular weight excluding hydrogens is 543 g/mol. The lowest BCUT2D eigenvalue weighted by molar-refractivity contribution is -0.206. The molecule has 0 saturated carbocycles. The van der Waals surface area contributed by atoms with Crippen LogP contribution in [0.1, 0.15) is 37.0 Å². The van der Waals surface area contributed by atoms with E-state index in [1.54, 1.807) is 24.3 Å². The van der Waals surface area contributed by atoms with E-state index in [1.165, 1.54) is 25.2 Å². The van der Waals surface area contributed by atoms with Crippen LogP contribution in [0, 0.1) is 0 Å². The van der Waals surface area contributed by atoms with Gasteiger partial charge >= 0.3 is 12.1 Å².